The van der Waals surface area contributed by atoms with E-state index in [1.54, 1.807) is 11.3 Å². The van der Waals surface area contributed by atoms with Crippen LogP contribution in [-0.2, 0) is 13.0 Å². The Labute approximate surface area is 111 Å². The molecular formula is C14H18N2OS. The Morgan fingerprint density at radius 1 is 1.56 bits per heavy atom. The van der Waals surface area contributed by atoms with Gasteiger partial charge in [-0.2, -0.15) is 0 Å². The number of rotatable bonds is 5. The van der Waals surface area contributed by atoms with Crippen LogP contribution in [0.4, 0.5) is 0 Å². The second kappa shape index (κ2) is 4.86. The van der Waals surface area contributed by atoms with Crippen LogP contribution in [0.3, 0.4) is 0 Å². The Balaban J connectivity index is 1.61. The maximum atomic E-state index is 10.0. The van der Waals surface area contributed by atoms with Gasteiger partial charge >= 0.3 is 0 Å². The maximum absolute atomic E-state index is 10.0. The van der Waals surface area contributed by atoms with Gasteiger partial charge in [-0.25, -0.2) is 4.98 Å². The molecule has 18 heavy (non-hydrogen) atoms. The molecule has 0 aromatic carbocycles. The number of thiazole rings is 1. The van der Waals surface area contributed by atoms with Crippen LogP contribution in [0.5, 0.6) is 0 Å². The lowest BCUT2D eigenvalue weighted by Crippen LogP contribution is -2.00. The fourth-order valence-electron chi connectivity index (χ4n) is 2.25. The molecule has 3 rings (SSSR count). The van der Waals surface area contributed by atoms with Crippen molar-refractivity contribution in [3.63, 3.8) is 0 Å². The highest BCUT2D eigenvalue weighted by atomic mass is 32.1. The molecular weight excluding hydrogens is 244 g/mol. The Bertz CT molecular complexity index is 527. The highest BCUT2D eigenvalue weighted by molar-refractivity contribution is 7.09. The summed E-state index contributed by atoms with van der Waals surface area (Å²) in [6, 6.07) is 2.04. The van der Waals surface area contributed by atoms with Gasteiger partial charge in [-0.15, -0.1) is 11.3 Å². The van der Waals surface area contributed by atoms with E-state index in [0.717, 1.165) is 24.2 Å². The Morgan fingerprint density at radius 2 is 2.39 bits per heavy atom. The molecule has 0 aliphatic heterocycles. The number of hydrogen-bond acceptors (Lipinski definition) is 3. The van der Waals surface area contributed by atoms with Crippen LogP contribution in [0.1, 0.15) is 35.1 Å². The van der Waals surface area contributed by atoms with E-state index in [2.05, 4.69) is 28.9 Å². The van der Waals surface area contributed by atoms with E-state index in [9.17, 15) is 5.11 Å². The number of aromatic nitrogens is 2. The number of aliphatic hydroxyl groups excluding tert-OH is 1. The molecule has 0 radical (unpaired) electrons. The van der Waals surface area contributed by atoms with Crippen molar-refractivity contribution < 1.29 is 5.11 Å². The molecule has 0 amide bonds. The average Bonchev–Trinajstić information content (AvgIpc) is 2.97. The normalized spacial score (nSPS) is 17.0. The zero-order valence-electron chi connectivity index (χ0n) is 10.5. The van der Waals surface area contributed by atoms with E-state index in [0.29, 0.717) is 5.92 Å². The summed E-state index contributed by atoms with van der Waals surface area (Å²) in [7, 11) is 0. The third-order valence-corrected chi connectivity index (χ3v) is 4.62. The summed E-state index contributed by atoms with van der Waals surface area (Å²) in [5, 5.41) is 10.0. The molecule has 2 heterocycles. The van der Waals surface area contributed by atoms with Gasteiger partial charge in [0.2, 0.25) is 0 Å². The molecule has 1 unspecified atom stereocenters. The van der Waals surface area contributed by atoms with Gasteiger partial charge in [0.15, 0.2) is 0 Å². The molecule has 0 bridgehead atoms. The van der Waals surface area contributed by atoms with E-state index >= 15 is 0 Å². The SMILES string of the molecule is Cc1ncsc1CCn1ccc(C(O)C2CC2)c1. The first-order valence-corrected chi connectivity index (χ1v) is 7.34. The fourth-order valence-corrected chi connectivity index (χ4v) is 3.02. The molecule has 2 aromatic rings. The second-order valence-corrected chi connectivity index (χ2v) is 6.02. The Kier molecular flexibility index (Phi) is 3.22. The summed E-state index contributed by atoms with van der Waals surface area (Å²) in [6.07, 6.45) is 7.26. The highest BCUT2D eigenvalue weighted by Gasteiger charge is 2.31. The molecule has 3 nitrogen and oxygen atoms in total. The van der Waals surface area contributed by atoms with Crippen molar-refractivity contribution in [3.05, 3.63) is 40.1 Å². The van der Waals surface area contributed by atoms with Gasteiger partial charge in [-0.1, -0.05) is 0 Å². The monoisotopic (exact) mass is 262 g/mol. The van der Waals surface area contributed by atoms with Gasteiger partial charge in [0.05, 0.1) is 17.3 Å². The van der Waals surface area contributed by atoms with E-state index in [1.165, 1.54) is 17.7 Å². The molecule has 1 N–H and O–H groups in total. The lowest BCUT2D eigenvalue weighted by atomic mass is 10.1. The van der Waals surface area contributed by atoms with Crippen molar-refractivity contribution in [3.8, 4) is 0 Å². The van der Waals surface area contributed by atoms with Crippen LogP contribution in [0.2, 0.25) is 0 Å². The van der Waals surface area contributed by atoms with E-state index in [-0.39, 0.29) is 6.10 Å². The Hall–Kier alpha value is -1.13. The molecule has 1 aliphatic carbocycles. The highest BCUT2D eigenvalue weighted by Crippen LogP contribution is 2.40. The van der Waals surface area contributed by atoms with Gasteiger partial charge in [0.25, 0.3) is 0 Å². The van der Waals surface area contributed by atoms with Crippen molar-refractivity contribution in [2.75, 3.05) is 0 Å². The first kappa shape index (κ1) is 11.9. The topological polar surface area (TPSA) is 38.0 Å². The molecule has 1 atom stereocenters. The molecule has 2 aromatic heterocycles. The van der Waals surface area contributed by atoms with Gasteiger partial charge in [0.1, 0.15) is 0 Å². The van der Waals surface area contributed by atoms with E-state index in [4.69, 9.17) is 0 Å². The second-order valence-electron chi connectivity index (χ2n) is 5.08. The number of aryl methyl sites for hydroxylation is 3. The summed E-state index contributed by atoms with van der Waals surface area (Å²) in [5.74, 6) is 0.504. The van der Waals surface area contributed by atoms with Crippen molar-refractivity contribution in [2.24, 2.45) is 5.92 Å². The van der Waals surface area contributed by atoms with Gasteiger partial charge in [-0.05, 0) is 37.3 Å². The lowest BCUT2D eigenvalue weighted by molar-refractivity contribution is 0.154. The van der Waals surface area contributed by atoms with Crippen LogP contribution in [-0.4, -0.2) is 14.7 Å². The van der Waals surface area contributed by atoms with Crippen molar-refractivity contribution in [1.29, 1.82) is 0 Å². The lowest BCUT2D eigenvalue weighted by Gasteiger charge is -2.06. The minimum absolute atomic E-state index is 0.253. The Morgan fingerprint density at radius 3 is 3.06 bits per heavy atom. The summed E-state index contributed by atoms with van der Waals surface area (Å²) < 4.78 is 2.17. The maximum Gasteiger partial charge on any atom is 0.0832 e. The standard InChI is InChI=1S/C14H18N2OS/c1-10-13(18-9-15-10)5-7-16-6-4-12(8-16)14(17)11-2-3-11/h4,6,8-9,11,14,17H,2-3,5,7H2,1H3. The number of nitrogens with zero attached hydrogens (tertiary/aromatic N) is 2. The summed E-state index contributed by atoms with van der Waals surface area (Å²) in [5.41, 5.74) is 4.12. The predicted molar refractivity (Wildman–Crippen MR) is 72.7 cm³/mol. The fraction of sp³-hybridized carbons (Fsp3) is 0.500. The van der Waals surface area contributed by atoms with Crippen LogP contribution in [0.15, 0.2) is 24.0 Å². The molecule has 1 aliphatic rings. The third-order valence-electron chi connectivity index (χ3n) is 3.63. The molecule has 1 fully saturated rings. The van der Waals surface area contributed by atoms with Crippen LogP contribution in [0.25, 0.3) is 0 Å². The number of aliphatic hydroxyl groups is 1. The van der Waals surface area contributed by atoms with Gasteiger partial charge in [0, 0.05) is 30.2 Å². The predicted octanol–water partition coefficient (Wildman–Crippen LogP) is 2.94. The minimum Gasteiger partial charge on any atom is -0.388 e. The zero-order chi connectivity index (χ0) is 12.5. The average molecular weight is 262 g/mol. The van der Waals surface area contributed by atoms with Gasteiger partial charge in [-0.3, -0.25) is 0 Å². The quantitative estimate of drug-likeness (QED) is 0.899. The smallest absolute Gasteiger partial charge is 0.0832 e. The summed E-state index contributed by atoms with van der Waals surface area (Å²) >= 11 is 1.72. The van der Waals surface area contributed by atoms with Crippen LogP contribution >= 0.6 is 11.3 Å². The third kappa shape index (κ3) is 2.49. The first-order valence-electron chi connectivity index (χ1n) is 6.47. The molecule has 0 spiro atoms. The van der Waals surface area contributed by atoms with Crippen molar-refractivity contribution in [1.82, 2.24) is 9.55 Å². The van der Waals surface area contributed by atoms with Crippen molar-refractivity contribution >= 4 is 11.3 Å². The van der Waals surface area contributed by atoms with Crippen LogP contribution < -0.4 is 0 Å². The summed E-state index contributed by atoms with van der Waals surface area (Å²) in [4.78, 5) is 5.62. The number of hydrogen-bond donors (Lipinski definition) is 1. The largest absolute Gasteiger partial charge is 0.388 e. The van der Waals surface area contributed by atoms with E-state index in [1.807, 2.05) is 11.6 Å². The summed E-state index contributed by atoms with van der Waals surface area (Å²) in [6.45, 7) is 3.02. The van der Waals surface area contributed by atoms with Gasteiger partial charge < -0.3 is 9.67 Å². The first-order chi connectivity index (χ1) is 8.74. The van der Waals surface area contributed by atoms with E-state index < -0.39 is 0 Å². The molecule has 0 saturated heterocycles. The molecule has 1 saturated carbocycles. The zero-order valence-corrected chi connectivity index (χ0v) is 11.4. The van der Waals surface area contributed by atoms with Crippen LogP contribution in [0, 0.1) is 12.8 Å². The van der Waals surface area contributed by atoms with Crippen molar-refractivity contribution in [2.45, 2.75) is 38.8 Å². The minimum atomic E-state index is -0.253. The molecule has 96 valence electrons. The molecule has 4 heteroatoms.